The molecule has 5 heteroatoms. The summed E-state index contributed by atoms with van der Waals surface area (Å²) in [6.07, 6.45) is 4.41. The van der Waals surface area contributed by atoms with Crippen LogP contribution in [0, 0.1) is 23.7 Å². The summed E-state index contributed by atoms with van der Waals surface area (Å²) in [5.41, 5.74) is 0. The van der Waals surface area contributed by atoms with Crippen LogP contribution in [0.1, 0.15) is 39.0 Å². The second-order valence-electron chi connectivity index (χ2n) is 6.13. The minimum absolute atomic E-state index is 0.0843. The molecule has 0 spiro atoms. The molecule has 2 rings (SSSR count). The zero-order valence-electron chi connectivity index (χ0n) is 12.1. The first kappa shape index (κ1) is 15.3. The molecule has 1 aliphatic heterocycles. The van der Waals surface area contributed by atoms with Crippen LogP contribution in [0.2, 0.25) is 0 Å². The Balaban J connectivity index is 1.85. The van der Waals surface area contributed by atoms with Crippen molar-refractivity contribution in [2.24, 2.45) is 23.7 Å². The number of carbonyl (C=O) groups is 2. The van der Waals surface area contributed by atoms with Gasteiger partial charge < -0.3 is 15.2 Å². The van der Waals surface area contributed by atoms with E-state index >= 15 is 0 Å². The van der Waals surface area contributed by atoms with E-state index in [4.69, 9.17) is 4.74 Å². The third kappa shape index (κ3) is 3.72. The average molecular weight is 283 g/mol. The zero-order valence-corrected chi connectivity index (χ0v) is 12.1. The Morgan fingerprint density at radius 2 is 2.00 bits per heavy atom. The first-order valence-corrected chi connectivity index (χ1v) is 7.70. The van der Waals surface area contributed by atoms with E-state index in [0.717, 1.165) is 25.9 Å². The van der Waals surface area contributed by atoms with Gasteiger partial charge >= 0.3 is 5.97 Å². The van der Waals surface area contributed by atoms with Crippen LogP contribution < -0.4 is 5.32 Å². The summed E-state index contributed by atoms with van der Waals surface area (Å²) in [7, 11) is 0. The standard InChI is InChI=1S/C15H25NO4/c1-2-10-6-12(13(7-10)15(18)19)14(17)16-8-11-4-3-5-20-9-11/h10-13H,2-9H2,1H3,(H,16,17)(H,18,19)/t10?,11?,12-,13+/m0/s1. The van der Waals surface area contributed by atoms with Gasteiger partial charge in [-0.25, -0.2) is 0 Å². The molecule has 0 bridgehead atoms. The Hall–Kier alpha value is -1.10. The van der Waals surface area contributed by atoms with Crippen molar-refractivity contribution in [3.05, 3.63) is 0 Å². The molecular formula is C15H25NO4. The number of aliphatic carboxylic acids is 1. The molecule has 1 saturated carbocycles. The van der Waals surface area contributed by atoms with Gasteiger partial charge in [-0.15, -0.1) is 0 Å². The molecule has 0 aromatic heterocycles. The van der Waals surface area contributed by atoms with Crippen LogP contribution in [0.15, 0.2) is 0 Å². The van der Waals surface area contributed by atoms with E-state index in [9.17, 15) is 14.7 Å². The number of nitrogens with one attached hydrogen (secondary N) is 1. The van der Waals surface area contributed by atoms with Crippen LogP contribution in [-0.4, -0.2) is 36.7 Å². The second kappa shape index (κ2) is 7.07. The molecule has 1 amide bonds. The summed E-state index contributed by atoms with van der Waals surface area (Å²) in [5.74, 6) is -1.05. The average Bonchev–Trinajstić information content (AvgIpc) is 2.90. The quantitative estimate of drug-likeness (QED) is 0.804. The van der Waals surface area contributed by atoms with Crippen molar-refractivity contribution in [2.75, 3.05) is 19.8 Å². The van der Waals surface area contributed by atoms with Crippen molar-refractivity contribution in [1.29, 1.82) is 0 Å². The lowest BCUT2D eigenvalue weighted by atomic mass is 9.95. The molecule has 5 nitrogen and oxygen atoms in total. The lowest BCUT2D eigenvalue weighted by Crippen LogP contribution is -2.39. The molecule has 20 heavy (non-hydrogen) atoms. The Bertz CT molecular complexity index is 352. The summed E-state index contributed by atoms with van der Waals surface area (Å²) in [6, 6.07) is 0. The molecule has 0 aromatic rings. The topological polar surface area (TPSA) is 75.6 Å². The molecule has 2 N–H and O–H groups in total. The van der Waals surface area contributed by atoms with E-state index in [1.54, 1.807) is 0 Å². The van der Waals surface area contributed by atoms with E-state index < -0.39 is 11.9 Å². The summed E-state index contributed by atoms with van der Waals surface area (Å²) in [6.45, 7) is 4.18. The molecule has 2 fully saturated rings. The van der Waals surface area contributed by atoms with Crippen LogP contribution in [0.25, 0.3) is 0 Å². The first-order valence-electron chi connectivity index (χ1n) is 7.70. The fraction of sp³-hybridized carbons (Fsp3) is 0.867. The smallest absolute Gasteiger partial charge is 0.307 e. The molecule has 114 valence electrons. The number of hydrogen-bond donors (Lipinski definition) is 2. The van der Waals surface area contributed by atoms with E-state index in [1.165, 1.54) is 0 Å². The number of rotatable bonds is 5. The van der Waals surface area contributed by atoms with Gasteiger partial charge in [0, 0.05) is 13.2 Å². The van der Waals surface area contributed by atoms with Crippen LogP contribution in [-0.2, 0) is 14.3 Å². The van der Waals surface area contributed by atoms with Gasteiger partial charge in [-0.2, -0.15) is 0 Å². The summed E-state index contributed by atoms with van der Waals surface area (Å²) in [4.78, 5) is 23.5. The van der Waals surface area contributed by atoms with Crippen LogP contribution in [0.3, 0.4) is 0 Å². The molecular weight excluding hydrogens is 258 g/mol. The van der Waals surface area contributed by atoms with Gasteiger partial charge in [0.2, 0.25) is 5.91 Å². The molecule has 0 aromatic carbocycles. The minimum Gasteiger partial charge on any atom is -0.481 e. The fourth-order valence-electron chi connectivity index (χ4n) is 3.38. The molecule has 1 heterocycles. The van der Waals surface area contributed by atoms with Gasteiger partial charge in [0.25, 0.3) is 0 Å². The largest absolute Gasteiger partial charge is 0.481 e. The van der Waals surface area contributed by atoms with E-state index in [1.807, 2.05) is 0 Å². The molecule has 2 aliphatic rings. The summed E-state index contributed by atoms with van der Waals surface area (Å²) >= 11 is 0. The molecule has 1 aliphatic carbocycles. The second-order valence-corrected chi connectivity index (χ2v) is 6.13. The number of carbonyl (C=O) groups excluding carboxylic acids is 1. The fourth-order valence-corrected chi connectivity index (χ4v) is 3.38. The number of carboxylic acids is 1. The Morgan fingerprint density at radius 1 is 1.25 bits per heavy atom. The van der Waals surface area contributed by atoms with Crippen molar-refractivity contribution < 1.29 is 19.4 Å². The van der Waals surface area contributed by atoms with Gasteiger partial charge in [-0.05, 0) is 37.5 Å². The lowest BCUT2D eigenvalue weighted by Gasteiger charge is -2.23. The van der Waals surface area contributed by atoms with Crippen LogP contribution in [0.4, 0.5) is 0 Å². The highest BCUT2D eigenvalue weighted by atomic mass is 16.5. The molecule has 2 unspecified atom stereocenters. The number of amides is 1. The zero-order chi connectivity index (χ0) is 14.5. The Labute approximate surface area is 120 Å². The lowest BCUT2D eigenvalue weighted by molar-refractivity contribution is -0.146. The van der Waals surface area contributed by atoms with E-state index in [0.29, 0.717) is 37.8 Å². The van der Waals surface area contributed by atoms with Crippen molar-refractivity contribution in [3.63, 3.8) is 0 Å². The third-order valence-corrected chi connectivity index (χ3v) is 4.71. The van der Waals surface area contributed by atoms with Crippen LogP contribution in [0.5, 0.6) is 0 Å². The van der Waals surface area contributed by atoms with Crippen molar-refractivity contribution in [3.8, 4) is 0 Å². The van der Waals surface area contributed by atoms with E-state index in [-0.39, 0.29) is 11.8 Å². The SMILES string of the molecule is CCC1C[C@H](C(=O)NCC2CCCOC2)[C@H](C(=O)O)C1. The maximum absolute atomic E-state index is 12.2. The normalized spacial score (nSPS) is 33.9. The Kier molecular flexibility index (Phi) is 5.40. The van der Waals surface area contributed by atoms with Crippen LogP contribution >= 0.6 is 0 Å². The number of ether oxygens (including phenoxy) is 1. The van der Waals surface area contributed by atoms with Gasteiger partial charge in [0.05, 0.1) is 18.4 Å². The predicted molar refractivity (Wildman–Crippen MR) is 74.2 cm³/mol. The Morgan fingerprint density at radius 3 is 2.60 bits per heavy atom. The van der Waals surface area contributed by atoms with Gasteiger partial charge in [0.15, 0.2) is 0 Å². The van der Waals surface area contributed by atoms with Gasteiger partial charge in [0.1, 0.15) is 0 Å². The van der Waals surface area contributed by atoms with Crippen molar-refractivity contribution >= 4 is 11.9 Å². The third-order valence-electron chi connectivity index (χ3n) is 4.71. The first-order chi connectivity index (χ1) is 9.61. The highest BCUT2D eigenvalue weighted by Gasteiger charge is 2.42. The molecule has 0 radical (unpaired) electrons. The summed E-state index contributed by atoms with van der Waals surface area (Å²) in [5, 5.41) is 12.2. The van der Waals surface area contributed by atoms with Gasteiger partial charge in [-0.3, -0.25) is 9.59 Å². The molecule has 1 saturated heterocycles. The predicted octanol–water partition coefficient (Wildman–Crippen LogP) is 1.67. The summed E-state index contributed by atoms with van der Waals surface area (Å²) < 4.78 is 5.39. The molecule has 4 atom stereocenters. The maximum Gasteiger partial charge on any atom is 0.307 e. The highest BCUT2D eigenvalue weighted by Crippen LogP contribution is 2.38. The number of hydrogen-bond acceptors (Lipinski definition) is 3. The van der Waals surface area contributed by atoms with Gasteiger partial charge in [-0.1, -0.05) is 13.3 Å². The monoisotopic (exact) mass is 283 g/mol. The van der Waals surface area contributed by atoms with Crippen molar-refractivity contribution in [1.82, 2.24) is 5.32 Å². The maximum atomic E-state index is 12.2. The van der Waals surface area contributed by atoms with Crippen molar-refractivity contribution in [2.45, 2.75) is 39.0 Å². The van der Waals surface area contributed by atoms with E-state index in [2.05, 4.69) is 12.2 Å². The highest BCUT2D eigenvalue weighted by molar-refractivity contribution is 5.85. The number of carboxylic acid groups (broad SMARTS) is 1. The minimum atomic E-state index is -0.831.